The number of nitrogens with two attached hydrogens (primary N) is 1. The molecule has 4 aliphatic rings. The number of ether oxygens (including phenoxy) is 3. The number of amides is 10. The first-order valence-corrected chi connectivity index (χ1v) is 30.7. The minimum atomic E-state index is -1.44. The lowest BCUT2D eigenvalue weighted by Gasteiger charge is -2.27. The molecule has 6 rings (SSSR count). The Labute approximate surface area is 493 Å². The fourth-order valence-electron chi connectivity index (χ4n) is 10.3. The molecule has 29 nitrogen and oxygen atoms in total. The quantitative estimate of drug-likeness (QED) is 0.0331. The number of H-pyrrole nitrogens is 1. The van der Waals surface area contributed by atoms with Crippen molar-refractivity contribution in [2.75, 3.05) is 78.1 Å². The van der Waals surface area contributed by atoms with Gasteiger partial charge in [0.05, 0.1) is 63.2 Å². The normalized spacial score (nSPS) is 24.5. The molecule has 84 heavy (non-hydrogen) atoms. The minimum absolute atomic E-state index is 0.0263. The second-order valence-corrected chi connectivity index (χ2v) is 22.8. The van der Waals surface area contributed by atoms with Gasteiger partial charge in [-0.25, -0.2) is 9.78 Å². The average molecular weight is 1200 g/mol. The second-order valence-electron chi connectivity index (χ2n) is 21.5. The lowest BCUT2D eigenvalue weighted by atomic mass is 10.0. The third kappa shape index (κ3) is 22.8. The Balaban J connectivity index is 0.940. The van der Waals surface area contributed by atoms with Crippen LogP contribution in [0.15, 0.2) is 18.7 Å². The number of aromatic amines is 1. The van der Waals surface area contributed by atoms with E-state index in [-0.39, 0.29) is 69.2 Å². The Morgan fingerprint density at radius 2 is 1.51 bits per heavy atom. The van der Waals surface area contributed by atoms with Gasteiger partial charge in [-0.15, -0.1) is 5.10 Å². The van der Waals surface area contributed by atoms with Crippen LogP contribution in [0.5, 0.6) is 0 Å². The van der Waals surface area contributed by atoms with Gasteiger partial charge in [-0.1, -0.05) is 11.6 Å². The Bertz CT molecular complexity index is 2420. The maximum atomic E-state index is 14.0. The zero-order valence-electron chi connectivity index (χ0n) is 48.2. The van der Waals surface area contributed by atoms with Gasteiger partial charge in [0, 0.05) is 94.2 Å². The highest BCUT2D eigenvalue weighted by molar-refractivity contribution is 8.00. The Kier molecular flexibility index (Phi) is 28.9. The molecule has 0 saturated carbocycles. The van der Waals surface area contributed by atoms with E-state index in [2.05, 4.69) is 68.1 Å². The molecule has 2 aromatic heterocycles. The molecule has 0 radical (unpaired) electrons. The number of hydrogen-bond acceptors (Lipinski definition) is 18. The number of nitrogens with zero attached hydrogens (tertiary/aromatic N) is 5. The van der Waals surface area contributed by atoms with Gasteiger partial charge < -0.3 is 82.8 Å². The maximum absolute atomic E-state index is 14.0. The highest BCUT2D eigenvalue weighted by Gasteiger charge is 2.43. The number of aliphatic hydroxyl groups is 1. The molecule has 0 aliphatic carbocycles. The highest BCUT2D eigenvalue weighted by Crippen LogP contribution is 2.33. The summed E-state index contributed by atoms with van der Waals surface area (Å²) >= 11 is 1.88. The number of hydrogen-bond donors (Lipinski definition) is 12. The standard InChI is InChI=1S/C54H88N16O13S/c1-35(71)47-53(79)62-39(11-4-6-18-55)51(77)63-40(29-37-30-56-34-60-37)50(76)59-31-46(74)70-22-8-13-42(70)52(78)61-38(12-5-7-21-69-32-36(67-68-69)16-17-45(73)65-47)49(75)58-20-10-24-82-26-28-83-27-25-81-23-9-19-57-44(72)15-3-2-14-43-48-41(33-84-43)64-54(80)66-48/h30,32,34-35,38-43,47-48,71H,2-29,31,33,55H2,1H3,(H,56,60)(H,57,72)(H,58,75)(H,59,76)(H,61,78)(H,62,79)(H,63,77)(H,65,73)(H2,64,66,80)/t35-,38-,39-,40-,41+,42?,43+,47-,48+/m0/s1. The smallest absolute Gasteiger partial charge is 0.315 e. The third-order valence-electron chi connectivity index (χ3n) is 14.9. The van der Waals surface area contributed by atoms with Crippen molar-refractivity contribution in [3.8, 4) is 0 Å². The number of fused-ring (bicyclic) bond motifs is 4. The molecule has 2 aromatic rings. The number of carbonyl (C=O) groups is 9. The van der Waals surface area contributed by atoms with Crippen molar-refractivity contribution in [1.29, 1.82) is 0 Å². The molecule has 0 aromatic carbocycles. The molecule has 9 atom stereocenters. The molecular weight excluding hydrogens is 1110 g/mol. The minimum Gasteiger partial charge on any atom is -0.391 e. The summed E-state index contributed by atoms with van der Waals surface area (Å²) in [7, 11) is 0. The Morgan fingerprint density at radius 1 is 0.774 bits per heavy atom. The molecule has 468 valence electrons. The first-order chi connectivity index (χ1) is 40.7. The van der Waals surface area contributed by atoms with E-state index >= 15 is 0 Å². The number of thioether (sulfide) groups is 1. The van der Waals surface area contributed by atoms with Crippen LogP contribution in [0.3, 0.4) is 0 Å². The van der Waals surface area contributed by atoms with E-state index in [1.807, 2.05) is 11.8 Å². The predicted octanol–water partition coefficient (Wildman–Crippen LogP) is -2.30. The highest BCUT2D eigenvalue weighted by atomic mass is 32.2. The number of rotatable bonds is 27. The molecular formula is C54H88N16O13S. The zero-order chi connectivity index (χ0) is 60.1. The largest absolute Gasteiger partial charge is 0.391 e. The number of aromatic nitrogens is 5. The van der Waals surface area contributed by atoms with Crippen molar-refractivity contribution >= 4 is 65.1 Å². The van der Waals surface area contributed by atoms with Gasteiger partial charge in [-0.3, -0.25) is 43.0 Å². The SMILES string of the molecule is C[C@H](O)[C@@H]1NC(=O)CCc2cn(nn2)CCCC[C@@H](C(=O)NCCCOCCOCCOCCCNC(=O)CCCC[C@H]2SC[C@H]3NC(=O)N[C@H]32)NC(=O)C2CCCN2C(=O)CNC(=O)[C@H](Cc2cnc[nH]2)NC(=O)[C@H](CCCCN)NC1=O. The molecule has 4 aliphatic heterocycles. The number of aliphatic hydroxyl groups excluding tert-OH is 1. The van der Waals surface area contributed by atoms with Gasteiger partial charge in [-0.05, 0) is 90.5 Å². The number of nitrogens with one attached hydrogen (secondary N) is 10. The van der Waals surface area contributed by atoms with Gasteiger partial charge in [0.15, 0.2) is 0 Å². The summed E-state index contributed by atoms with van der Waals surface area (Å²) in [6, 6.07) is -5.50. The van der Waals surface area contributed by atoms with Gasteiger partial charge in [0.25, 0.3) is 0 Å². The van der Waals surface area contributed by atoms with Crippen molar-refractivity contribution in [3.05, 3.63) is 30.1 Å². The molecule has 6 heterocycles. The lowest BCUT2D eigenvalue weighted by molar-refractivity contribution is -0.140. The summed E-state index contributed by atoms with van der Waals surface area (Å²) < 4.78 is 18.6. The second kappa shape index (κ2) is 36.4. The Hall–Kier alpha value is -6.47. The molecule has 3 saturated heterocycles. The van der Waals surface area contributed by atoms with Crippen LogP contribution >= 0.6 is 11.8 Å². The van der Waals surface area contributed by atoms with Crippen LogP contribution < -0.4 is 53.6 Å². The van der Waals surface area contributed by atoms with Crippen LogP contribution in [0.4, 0.5) is 4.79 Å². The first-order valence-electron chi connectivity index (χ1n) is 29.7. The average Bonchev–Trinajstić information content (AvgIpc) is 4.28. The summed E-state index contributed by atoms with van der Waals surface area (Å²) in [6.07, 6.45) is 10.7. The van der Waals surface area contributed by atoms with E-state index < -0.39 is 84.2 Å². The van der Waals surface area contributed by atoms with Gasteiger partial charge in [0.1, 0.15) is 30.2 Å². The van der Waals surface area contributed by atoms with Crippen molar-refractivity contribution < 1.29 is 62.5 Å². The van der Waals surface area contributed by atoms with E-state index in [0.717, 1.165) is 25.0 Å². The fourth-order valence-corrected chi connectivity index (χ4v) is 11.8. The first kappa shape index (κ1) is 66.7. The molecule has 0 spiro atoms. The summed E-state index contributed by atoms with van der Waals surface area (Å²) in [5, 5.41) is 44.6. The monoisotopic (exact) mass is 1200 g/mol. The van der Waals surface area contributed by atoms with Crippen molar-refractivity contribution in [2.24, 2.45) is 5.73 Å². The summed E-state index contributed by atoms with van der Waals surface area (Å²) in [4.78, 5) is 128. The van der Waals surface area contributed by atoms with Crippen LogP contribution in [-0.4, -0.2) is 220 Å². The summed E-state index contributed by atoms with van der Waals surface area (Å²) in [5.74, 6) is -3.40. The topological polar surface area (TPSA) is 398 Å². The fraction of sp³-hybridized carbons (Fsp3) is 0.741. The van der Waals surface area contributed by atoms with Gasteiger partial charge in [-0.2, -0.15) is 11.8 Å². The van der Waals surface area contributed by atoms with Crippen molar-refractivity contribution in [2.45, 2.75) is 176 Å². The number of carbonyl (C=O) groups excluding carboxylic acids is 9. The molecule has 3 fully saturated rings. The summed E-state index contributed by atoms with van der Waals surface area (Å²) in [6.45, 7) is 4.83. The number of unbranched alkanes of at least 4 members (excludes halogenated alkanes) is 2. The Morgan fingerprint density at radius 3 is 2.25 bits per heavy atom. The van der Waals surface area contributed by atoms with Crippen molar-refractivity contribution in [3.63, 3.8) is 0 Å². The van der Waals surface area contributed by atoms with E-state index in [1.54, 1.807) is 10.9 Å². The van der Waals surface area contributed by atoms with E-state index in [1.165, 1.54) is 24.3 Å². The van der Waals surface area contributed by atoms with Crippen LogP contribution in [0.1, 0.15) is 115 Å². The molecule has 30 heteroatoms. The molecule has 13 N–H and O–H groups in total. The summed E-state index contributed by atoms with van der Waals surface area (Å²) in [5.41, 5.74) is 6.70. The molecule has 10 amide bonds. The number of urea groups is 1. The number of imidazole rings is 1. The van der Waals surface area contributed by atoms with E-state index in [4.69, 9.17) is 19.9 Å². The predicted molar refractivity (Wildman–Crippen MR) is 306 cm³/mol. The molecule has 1 unspecified atom stereocenters. The third-order valence-corrected chi connectivity index (χ3v) is 16.4. The van der Waals surface area contributed by atoms with Crippen LogP contribution in [0.25, 0.3) is 0 Å². The van der Waals surface area contributed by atoms with Gasteiger partial charge >= 0.3 is 6.03 Å². The molecule has 2 bridgehead atoms. The van der Waals surface area contributed by atoms with E-state index in [9.17, 15) is 48.3 Å². The van der Waals surface area contributed by atoms with Crippen molar-refractivity contribution in [1.82, 2.24) is 77.7 Å². The van der Waals surface area contributed by atoms with Crippen LogP contribution in [0, 0.1) is 0 Å². The number of aryl methyl sites for hydroxylation is 2. The van der Waals surface area contributed by atoms with Crippen LogP contribution in [-0.2, 0) is 72.0 Å². The van der Waals surface area contributed by atoms with Gasteiger partial charge in [0.2, 0.25) is 47.3 Å². The zero-order valence-corrected chi connectivity index (χ0v) is 49.0. The van der Waals surface area contributed by atoms with Crippen LogP contribution in [0.2, 0.25) is 0 Å². The maximum Gasteiger partial charge on any atom is 0.315 e. The lowest BCUT2D eigenvalue weighted by Crippen LogP contribution is -2.59. The van der Waals surface area contributed by atoms with E-state index in [0.29, 0.717) is 134 Å².